The molecule has 1 amide bonds. The summed E-state index contributed by atoms with van der Waals surface area (Å²) < 4.78 is 23.9. The fourth-order valence-corrected chi connectivity index (χ4v) is 5.28. The molecule has 7 heteroatoms. The number of sulfone groups is 1. The molecule has 1 aliphatic heterocycles. The Hall–Kier alpha value is -1.56. The van der Waals surface area contributed by atoms with Gasteiger partial charge in [0, 0.05) is 28.2 Å². The largest absolute Gasteiger partial charge is 0.330 e. The number of amides is 1. The van der Waals surface area contributed by atoms with Gasteiger partial charge >= 0.3 is 0 Å². The van der Waals surface area contributed by atoms with Crippen LogP contribution in [0.2, 0.25) is 10.0 Å². The number of benzene rings is 2. The van der Waals surface area contributed by atoms with E-state index in [0.29, 0.717) is 22.0 Å². The van der Waals surface area contributed by atoms with Gasteiger partial charge in [0.15, 0.2) is 9.84 Å². The molecule has 2 aromatic rings. The summed E-state index contributed by atoms with van der Waals surface area (Å²) in [4.78, 5) is 14.7. The number of hydrogen-bond acceptors (Lipinski definition) is 3. The topological polar surface area (TPSA) is 54.5 Å². The van der Waals surface area contributed by atoms with Crippen molar-refractivity contribution in [3.8, 4) is 0 Å². The molecule has 1 atom stereocenters. The minimum absolute atomic E-state index is 0.0180. The minimum atomic E-state index is -3.12. The van der Waals surface area contributed by atoms with Gasteiger partial charge < -0.3 is 4.90 Å². The van der Waals surface area contributed by atoms with Gasteiger partial charge in [-0.3, -0.25) is 4.79 Å². The number of carbonyl (C=O) groups excluding carboxylic acids is 1. The molecule has 0 aromatic heterocycles. The van der Waals surface area contributed by atoms with Crippen LogP contribution in [-0.4, -0.2) is 36.8 Å². The van der Waals surface area contributed by atoms with E-state index in [-0.39, 0.29) is 30.0 Å². The molecule has 138 valence electrons. The summed E-state index contributed by atoms with van der Waals surface area (Å²) in [6.07, 6.45) is 0.436. The standard InChI is InChI=1S/C19H19Cl2NO3S/c1-13-2-4-14(5-3-13)19(23)22(17-8-9-26(24,25)12-17)11-15-6-7-16(20)10-18(15)21/h2-7,10,17H,8-9,11-12H2,1H3/t17-/m1/s1. The fourth-order valence-electron chi connectivity index (χ4n) is 3.08. The van der Waals surface area contributed by atoms with Crippen LogP contribution >= 0.6 is 23.2 Å². The number of nitrogens with zero attached hydrogens (tertiary/aromatic N) is 1. The third kappa shape index (κ3) is 4.40. The maximum Gasteiger partial charge on any atom is 0.254 e. The normalized spacial score (nSPS) is 18.7. The summed E-state index contributed by atoms with van der Waals surface area (Å²) in [6, 6.07) is 12.0. The van der Waals surface area contributed by atoms with Crippen LogP contribution in [0.3, 0.4) is 0 Å². The molecule has 1 aliphatic rings. The Labute approximate surface area is 163 Å². The van der Waals surface area contributed by atoms with Gasteiger partial charge in [-0.15, -0.1) is 0 Å². The number of hydrogen-bond donors (Lipinski definition) is 0. The van der Waals surface area contributed by atoms with E-state index in [4.69, 9.17) is 23.2 Å². The first-order valence-electron chi connectivity index (χ1n) is 8.27. The van der Waals surface area contributed by atoms with Crippen molar-refractivity contribution in [3.05, 3.63) is 69.2 Å². The second kappa shape index (κ2) is 7.59. The second-order valence-corrected chi connectivity index (χ2v) is 9.66. The molecule has 0 radical (unpaired) electrons. The average Bonchev–Trinajstić information content (AvgIpc) is 2.94. The maximum absolute atomic E-state index is 13.1. The lowest BCUT2D eigenvalue weighted by atomic mass is 10.1. The lowest BCUT2D eigenvalue weighted by Gasteiger charge is -2.29. The highest BCUT2D eigenvalue weighted by atomic mass is 35.5. The predicted molar refractivity (Wildman–Crippen MR) is 105 cm³/mol. The first-order valence-corrected chi connectivity index (χ1v) is 10.8. The van der Waals surface area contributed by atoms with E-state index in [0.717, 1.165) is 11.1 Å². The Morgan fingerprint density at radius 3 is 2.42 bits per heavy atom. The number of aryl methyl sites for hydroxylation is 1. The second-order valence-electron chi connectivity index (χ2n) is 6.59. The molecule has 0 saturated carbocycles. The Morgan fingerprint density at radius 2 is 1.85 bits per heavy atom. The molecule has 0 N–H and O–H groups in total. The molecule has 0 bridgehead atoms. The van der Waals surface area contributed by atoms with Crippen molar-refractivity contribution >= 4 is 38.9 Å². The third-order valence-electron chi connectivity index (χ3n) is 4.56. The quantitative estimate of drug-likeness (QED) is 0.759. The molecule has 4 nitrogen and oxygen atoms in total. The molecule has 2 aromatic carbocycles. The monoisotopic (exact) mass is 411 g/mol. The summed E-state index contributed by atoms with van der Waals surface area (Å²) in [5, 5.41) is 0.971. The van der Waals surface area contributed by atoms with Crippen molar-refractivity contribution in [2.24, 2.45) is 0 Å². The van der Waals surface area contributed by atoms with Crippen LogP contribution in [0.25, 0.3) is 0 Å². The average molecular weight is 412 g/mol. The SMILES string of the molecule is Cc1ccc(C(=O)N(Cc2ccc(Cl)cc2Cl)[C@@H]2CCS(=O)(=O)C2)cc1. The van der Waals surface area contributed by atoms with Crippen molar-refractivity contribution in [3.63, 3.8) is 0 Å². The molecular weight excluding hydrogens is 393 g/mol. The summed E-state index contributed by atoms with van der Waals surface area (Å²) in [5.74, 6) is -0.113. The zero-order chi connectivity index (χ0) is 18.9. The number of carbonyl (C=O) groups is 1. The van der Waals surface area contributed by atoms with Crippen LogP contribution in [0.1, 0.15) is 27.9 Å². The molecule has 0 aliphatic carbocycles. The van der Waals surface area contributed by atoms with Crippen LogP contribution in [0, 0.1) is 6.92 Å². The summed E-state index contributed by atoms with van der Waals surface area (Å²) in [7, 11) is -3.12. The lowest BCUT2D eigenvalue weighted by Crippen LogP contribution is -2.40. The highest BCUT2D eigenvalue weighted by Crippen LogP contribution is 2.27. The summed E-state index contributed by atoms with van der Waals surface area (Å²) >= 11 is 12.2. The van der Waals surface area contributed by atoms with Crippen LogP contribution in [0.15, 0.2) is 42.5 Å². The van der Waals surface area contributed by atoms with Crippen molar-refractivity contribution in [1.29, 1.82) is 0 Å². The molecule has 3 rings (SSSR count). The van der Waals surface area contributed by atoms with E-state index in [1.807, 2.05) is 19.1 Å². The Kier molecular flexibility index (Phi) is 5.61. The molecule has 26 heavy (non-hydrogen) atoms. The highest BCUT2D eigenvalue weighted by Gasteiger charge is 2.35. The van der Waals surface area contributed by atoms with Crippen LogP contribution < -0.4 is 0 Å². The Bertz CT molecular complexity index is 926. The van der Waals surface area contributed by atoms with Gasteiger partial charge in [0.2, 0.25) is 0 Å². The van der Waals surface area contributed by atoms with E-state index in [1.165, 1.54) is 0 Å². The van der Waals surface area contributed by atoms with Gasteiger partial charge in [-0.25, -0.2) is 8.42 Å². The van der Waals surface area contributed by atoms with E-state index in [2.05, 4.69) is 0 Å². The maximum atomic E-state index is 13.1. The first kappa shape index (κ1) is 19.2. The van der Waals surface area contributed by atoms with E-state index >= 15 is 0 Å². The highest BCUT2D eigenvalue weighted by molar-refractivity contribution is 7.91. The zero-order valence-electron chi connectivity index (χ0n) is 14.3. The zero-order valence-corrected chi connectivity index (χ0v) is 16.6. The minimum Gasteiger partial charge on any atom is -0.330 e. The molecule has 1 fully saturated rings. The fraction of sp³-hybridized carbons (Fsp3) is 0.316. The Balaban J connectivity index is 1.93. The molecule has 0 spiro atoms. The van der Waals surface area contributed by atoms with E-state index < -0.39 is 9.84 Å². The van der Waals surface area contributed by atoms with Crippen molar-refractivity contribution in [2.75, 3.05) is 11.5 Å². The van der Waals surface area contributed by atoms with Crippen molar-refractivity contribution in [1.82, 2.24) is 4.90 Å². The smallest absolute Gasteiger partial charge is 0.254 e. The van der Waals surface area contributed by atoms with Crippen molar-refractivity contribution < 1.29 is 13.2 Å². The number of halogens is 2. The molecule has 1 saturated heterocycles. The Morgan fingerprint density at radius 1 is 1.15 bits per heavy atom. The van der Waals surface area contributed by atoms with Gasteiger partial charge in [0.05, 0.1) is 11.5 Å². The molecule has 0 unspecified atom stereocenters. The first-order chi connectivity index (χ1) is 12.2. The van der Waals surface area contributed by atoms with Gasteiger partial charge in [-0.2, -0.15) is 0 Å². The van der Waals surface area contributed by atoms with Crippen LogP contribution in [0.5, 0.6) is 0 Å². The van der Waals surface area contributed by atoms with E-state index in [1.54, 1.807) is 35.2 Å². The summed E-state index contributed by atoms with van der Waals surface area (Å²) in [5.41, 5.74) is 2.32. The summed E-state index contributed by atoms with van der Waals surface area (Å²) in [6.45, 7) is 2.19. The van der Waals surface area contributed by atoms with Crippen molar-refractivity contribution in [2.45, 2.75) is 25.9 Å². The van der Waals surface area contributed by atoms with Gasteiger partial charge in [0.1, 0.15) is 0 Å². The van der Waals surface area contributed by atoms with Crippen LogP contribution in [-0.2, 0) is 16.4 Å². The van der Waals surface area contributed by atoms with E-state index in [9.17, 15) is 13.2 Å². The lowest BCUT2D eigenvalue weighted by molar-refractivity contribution is 0.0681. The van der Waals surface area contributed by atoms with Gasteiger partial charge in [0.25, 0.3) is 5.91 Å². The van der Waals surface area contributed by atoms with Gasteiger partial charge in [-0.05, 0) is 43.2 Å². The van der Waals surface area contributed by atoms with Crippen LogP contribution in [0.4, 0.5) is 0 Å². The third-order valence-corrected chi connectivity index (χ3v) is 6.90. The van der Waals surface area contributed by atoms with Gasteiger partial charge in [-0.1, -0.05) is 47.0 Å². The molecule has 1 heterocycles. The number of rotatable bonds is 4. The molecular formula is C19H19Cl2NO3S. The predicted octanol–water partition coefficient (Wildman–Crippen LogP) is 4.13.